The van der Waals surface area contributed by atoms with Crippen LogP contribution in [-0.4, -0.2) is 54.1 Å². The maximum absolute atomic E-state index is 13.5. The lowest BCUT2D eigenvalue weighted by Gasteiger charge is -2.13. The van der Waals surface area contributed by atoms with Crippen molar-refractivity contribution >= 4 is 18.0 Å². The average Bonchev–Trinajstić information content (AvgIpc) is 3.17. The third kappa shape index (κ3) is 6.20. The SMILES string of the molecule is CCOC(=O)NCCNC(=O)c1ccc(-n2ncc(C(=O)OCC)c2C(F)(F)F)cc1. The molecule has 0 aliphatic carbocycles. The molecule has 0 spiro atoms. The van der Waals surface area contributed by atoms with Gasteiger partial charge in [0.2, 0.25) is 0 Å². The molecule has 2 N–H and O–H groups in total. The smallest absolute Gasteiger partial charge is 0.434 e. The Bertz CT molecular complexity index is 926. The molecule has 0 saturated heterocycles. The second-order valence-electron chi connectivity index (χ2n) is 5.99. The zero-order valence-electron chi connectivity index (χ0n) is 16.8. The van der Waals surface area contributed by atoms with E-state index in [1.54, 1.807) is 6.92 Å². The van der Waals surface area contributed by atoms with Crippen LogP contribution in [0.25, 0.3) is 5.69 Å². The maximum atomic E-state index is 13.5. The van der Waals surface area contributed by atoms with Crippen molar-refractivity contribution in [2.75, 3.05) is 26.3 Å². The number of aromatic nitrogens is 2. The number of halogens is 3. The van der Waals surface area contributed by atoms with Crippen molar-refractivity contribution in [3.05, 3.63) is 47.3 Å². The average molecular weight is 442 g/mol. The van der Waals surface area contributed by atoms with Gasteiger partial charge >= 0.3 is 18.2 Å². The van der Waals surface area contributed by atoms with Gasteiger partial charge in [0, 0.05) is 18.7 Å². The first-order valence-corrected chi connectivity index (χ1v) is 9.30. The number of carbonyl (C=O) groups excluding carboxylic acids is 3. The zero-order chi connectivity index (χ0) is 23.0. The summed E-state index contributed by atoms with van der Waals surface area (Å²) < 4.78 is 50.5. The lowest BCUT2D eigenvalue weighted by Crippen LogP contribution is -2.34. The largest absolute Gasteiger partial charge is 0.462 e. The Morgan fingerprint density at radius 2 is 1.61 bits per heavy atom. The minimum absolute atomic E-state index is 0.00315. The van der Waals surface area contributed by atoms with Crippen LogP contribution in [0, 0.1) is 0 Å². The summed E-state index contributed by atoms with van der Waals surface area (Å²) in [4.78, 5) is 35.1. The van der Waals surface area contributed by atoms with E-state index >= 15 is 0 Å². The van der Waals surface area contributed by atoms with Gasteiger partial charge in [-0.2, -0.15) is 18.3 Å². The molecule has 2 rings (SSSR count). The highest BCUT2D eigenvalue weighted by molar-refractivity contribution is 5.94. The van der Waals surface area contributed by atoms with Gasteiger partial charge in [-0.25, -0.2) is 14.3 Å². The number of alkyl halides is 3. The molecule has 1 heterocycles. The number of esters is 1. The first-order valence-electron chi connectivity index (χ1n) is 9.30. The lowest BCUT2D eigenvalue weighted by molar-refractivity contribution is -0.143. The fourth-order valence-electron chi connectivity index (χ4n) is 2.55. The summed E-state index contributed by atoms with van der Waals surface area (Å²) in [6.45, 7) is 3.54. The zero-order valence-corrected chi connectivity index (χ0v) is 16.8. The molecule has 0 radical (unpaired) electrons. The van der Waals surface area contributed by atoms with Crippen LogP contribution in [-0.2, 0) is 15.7 Å². The Hall–Kier alpha value is -3.57. The van der Waals surface area contributed by atoms with Gasteiger partial charge in [-0.3, -0.25) is 4.79 Å². The first kappa shape index (κ1) is 23.7. The van der Waals surface area contributed by atoms with E-state index in [1.165, 1.54) is 31.2 Å². The van der Waals surface area contributed by atoms with E-state index in [2.05, 4.69) is 25.2 Å². The molecule has 9 nitrogen and oxygen atoms in total. The maximum Gasteiger partial charge on any atom is 0.434 e. The van der Waals surface area contributed by atoms with Crippen molar-refractivity contribution in [1.29, 1.82) is 0 Å². The van der Waals surface area contributed by atoms with Gasteiger partial charge in [0.05, 0.1) is 25.1 Å². The predicted octanol–water partition coefficient (Wildman–Crippen LogP) is 2.54. The van der Waals surface area contributed by atoms with Crippen LogP contribution in [0.4, 0.5) is 18.0 Å². The fourth-order valence-corrected chi connectivity index (χ4v) is 2.55. The molecule has 12 heteroatoms. The van der Waals surface area contributed by atoms with Crippen molar-refractivity contribution in [2.45, 2.75) is 20.0 Å². The summed E-state index contributed by atoms with van der Waals surface area (Å²) in [7, 11) is 0. The van der Waals surface area contributed by atoms with Crippen molar-refractivity contribution < 1.29 is 37.0 Å². The van der Waals surface area contributed by atoms with Gasteiger partial charge in [0.1, 0.15) is 5.56 Å². The molecular weight excluding hydrogens is 421 g/mol. The highest BCUT2D eigenvalue weighted by atomic mass is 19.4. The van der Waals surface area contributed by atoms with Gasteiger partial charge in [-0.15, -0.1) is 0 Å². The third-order valence-corrected chi connectivity index (χ3v) is 3.86. The number of amides is 2. The normalized spacial score (nSPS) is 11.0. The monoisotopic (exact) mass is 442 g/mol. The van der Waals surface area contributed by atoms with Gasteiger partial charge in [0.15, 0.2) is 5.69 Å². The highest BCUT2D eigenvalue weighted by Crippen LogP contribution is 2.34. The van der Waals surface area contributed by atoms with E-state index in [1.807, 2.05) is 0 Å². The molecule has 0 bridgehead atoms. The van der Waals surface area contributed by atoms with E-state index in [-0.39, 0.29) is 37.6 Å². The van der Waals surface area contributed by atoms with E-state index < -0.39 is 35.4 Å². The van der Waals surface area contributed by atoms with Gasteiger partial charge in [-0.05, 0) is 38.1 Å². The number of ether oxygens (including phenoxy) is 2. The van der Waals surface area contributed by atoms with E-state index in [4.69, 9.17) is 0 Å². The van der Waals surface area contributed by atoms with Crippen molar-refractivity contribution in [3.8, 4) is 5.69 Å². The summed E-state index contributed by atoms with van der Waals surface area (Å²) in [5.41, 5.74) is -1.78. The Morgan fingerprint density at radius 1 is 1.00 bits per heavy atom. The summed E-state index contributed by atoms with van der Waals surface area (Å²) >= 11 is 0. The Kier molecular flexibility index (Phi) is 8.00. The number of alkyl carbamates (subject to hydrolysis) is 1. The molecular formula is C19H21F3N4O5. The minimum Gasteiger partial charge on any atom is -0.462 e. The van der Waals surface area contributed by atoms with Crippen LogP contribution in [0.2, 0.25) is 0 Å². The first-order chi connectivity index (χ1) is 14.7. The number of hydrogen-bond acceptors (Lipinski definition) is 6. The van der Waals surface area contributed by atoms with Crippen molar-refractivity contribution in [1.82, 2.24) is 20.4 Å². The van der Waals surface area contributed by atoms with Gasteiger partial charge < -0.3 is 20.1 Å². The molecule has 2 aromatic rings. The molecule has 1 aromatic carbocycles. The Labute approximate surface area is 175 Å². The van der Waals surface area contributed by atoms with Crippen LogP contribution in [0.1, 0.15) is 40.3 Å². The quantitative estimate of drug-likeness (QED) is 0.480. The number of rotatable bonds is 8. The van der Waals surface area contributed by atoms with Crippen molar-refractivity contribution in [3.63, 3.8) is 0 Å². The third-order valence-electron chi connectivity index (χ3n) is 3.86. The van der Waals surface area contributed by atoms with Crippen molar-refractivity contribution in [2.24, 2.45) is 0 Å². The molecule has 0 saturated carbocycles. The molecule has 0 atom stereocenters. The van der Waals surface area contributed by atoms with Gasteiger partial charge in [-0.1, -0.05) is 0 Å². The van der Waals surface area contributed by atoms with Crippen LogP contribution >= 0.6 is 0 Å². The Morgan fingerprint density at radius 3 is 2.19 bits per heavy atom. The van der Waals surface area contributed by atoms with Crippen LogP contribution in [0.15, 0.2) is 30.5 Å². The topological polar surface area (TPSA) is 112 Å². The number of carbonyl (C=O) groups is 3. The molecule has 0 unspecified atom stereocenters. The molecule has 0 fully saturated rings. The van der Waals surface area contributed by atoms with E-state index in [9.17, 15) is 27.6 Å². The van der Waals surface area contributed by atoms with Crippen LogP contribution in [0.5, 0.6) is 0 Å². The second kappa shape index (κ2) is 10.5. The molecule has 2 amide bonds. The molecule has 0 aliphatic heterocycles. The molecule has 1 aromatic heterocycles. The molecule has 0 aliphatic rings. The van der Waals surface area contributed by atoms with Crippen LogP contribution < -0.4 is 10.6 Å². The summed E-state index contributed by atoms with van der Waals surface area (Å²) in [5, 5.41) is 8.65. The van der Waals surface area contributed by atoms with E-state index in [0.717, 1.165) is 6.20 Å². The number of nitrogens with zero attached hydrogens (tertiary/aromatic N) is 2. The second-order valence-corrected chi connectivity index (χ2v) is 5.99. The predicted molar refractivity (Wildman–Crippen MR) is 102 cm³/mol. The lowest BCUT2D eigenvalue weighted by atomic mass is 10.2. The van der Waals surface area contributed by atoms with Crippen LogP contribution in [0.3, 0.4) is 0 Å². The minimum atomic E-state index is -4.86. The summed E-state index contributed by atoms with van der Waals surface area (Å²) in [5.74, 6) is -1.62. The standard InChI is InChI=1S/C19H21F3N4O5/c1-3-30-17(28)14-11-25-26(15(14)19(20,21)22)13-7-5-12(6-8-13)16(27)23-9-10-24-18(29)31-4-2/h5-8,11H,3-4,9-10H2,1-2H3,(H,23,27)(H,24,29). The number of hydrogen-bond donors (Lipinski definition) is 2. The van der Waals surface area contributed by atoms with Gasteiger partial charge in [0.25, 0.3) is 5.91 Å². The molecule has 31 heavy (non-hydrogen) atoms. The summed E-state index contributed by atoms with van der Waals surface area (Å²) in [6, 6.07) is 5.16. The molecule has 168 valence electrons. The highest BCUT2D eigenvalue weighted by Gasteiger charge is 2.41. The Balaban J connectivity index is 2.12. The van der Waals surface area contributed by atoms with E-state index in [0.29, 0.717) is 4.68 Å². The fraction of sp³-hybridized carbons (Fsp3) is 0.368. The summed E-state index contributed by atoms with van der Waals surface area (Å²) in [6.07, 6.45) is -4.68. The number of nitrogens with one attached hydrogen (secondary N) is 2. The number of benzene rings is 1.